The van der Waals surface area contributed by atoms with Crippen molar-refractivity contribution in [3.63, 3.8) is 0 Å². The van der Waals surface area contributed by atoms with Crippen molar-refractivity contribution in [2.75, 3.05) is 6.54 Å². The Bertz CT molecular complexity index is 308. The summed E-state index contributed by atoms with van der Waals surface area (Å²) in [6.45, 7) is 2.92. The van der Waals surface area contributed by atoms with E-state index < -0.39 is 0 Å². The second-order valence-electron chi connectivity index (χ2n) is 4.51. The average molecular weight is 253 g/mol. The van der Waals surface area contributed by atoms with Gasteiger partial charge >= 0.3 is 0 Å². The first-order valence-corrected chi connectivity index (χ1v) is 7.38. The fourth-order valence-corrected chi connectivity index (χ4v) is 2.70. The van der Waals surface area contributed by atoms with Crippen LogP contribution < -0.4 is 5.73 Å². The van der Waals surface area contributed by atoms with E-state index in [-0.39, 0.29) is 0 Å². The standard InChI is InChI=1S/C14H23NOS/c1-2-12(9-10-15)5-6-13(16)7-8-14-4-3-11-17-14/h3-4,11-12H,2,5-10,15H2,1H3. The van der Waals surface area contributed by atoms with Crippen molar-refractivity contribution < 1.29 is 4.79 Å². The second kappa shape index (κ2) is 8.43. The molecule has 0 saturated carbocycles. The van der Waals surface area contributed by atoms with Crippen LogP contribution in [0.2, 0.25) is 0 Å². The number of thiophene rings is 1. The fraction of sp³-hybridized carbons (Fsp3) is 0.643. The van der Waals surface area contributed by atoms with E-state index in [2.05, 4.69) is 18.4 Å². The number of hydrogen-bond acceptors (Lipinski definition) is 3. The van der Waals surface area contributed by atoms with Crippen molar-refractivity contribution in [1.29, 1.82) is 0 Å². The van der Waals surface area contributed by atoms with Crippen molar-refractivity contribution in [2.24, 2.45) is 11.7 Å². The highest BCUT2D eigenvalue weighted by Gasteiger charge is 2.09. The first kappa shape index (κ1) is 14.4. The molecular weight excluding hydrogens is 230 g/mol. The Labute approximate surface area is 108 Å². The van der Waals surface area contributed by atoms with Gasteiger partial charge in [-0.25, -0.2) is 0 Å². The van der Waals surface area contributed by atoms with Gasteiger partial charge in [-0.05, 0) is 43.2 Å². The van der Waals surface area contributed by atoms with E-state index in [1.165, 1.54) is 4.88 Å². The van der Waals surface area contributed by atoms with Gasteiger partial charge in [-0.3, -0.25) is 4.79 Å². The second-order valence-corrected chi connectivity index (χ2v) is 5.54. The number of nitrogens with two attached hydrogens (primary N) is 1. The van der Waals surface area contributed by atoms with Gasteiger partial charge < -0.3 is 5.73 Å². The van der Waals surface area contributed by atoms with Crippen LogP contribution in [0.25, 0.3) is 0 Å². The Balaban J connectivity index is 2.16. The minimum atomic E-state index is 0.397. The molecule has 0 aromatic carbocycles. The van der Waals surface area contributed by atoms with Crippen LogP contribution >= 0.6 is 11.3 Å². The molecule has 1 heterocycles. The third-order valence-electron chi connectivity index (χ3n) is 3.21. The normalized spacial score (nSPS) is 12.6. The SMILES string of the molecule is CCC(CCN)CCC(=O)CCc1cccs1. The summed E-state index contributed by atoms with van der Waals surface area (Å²) in [5.41, 5.74) is 5.55. The third-order valence-corrected chi connectivity index (χ3v) is 4.15. The largest absolute Gasteiger partial charge is 0.330 e. The predicted molar refractivity (Wildman–Crippen MR) is 74.3 cm³/mol. The molecular formula is C14H23NOS. The highest BCUT2D eigenvalue weighted by Crippen LogP contribution is 2.17. The van der Waals surface area contributed by atoms with Gasteiger partial charge in [0.1, 0.15) is 5.78 Å². The highest BCUT2D eigenvalue weighted by atomic mass is 32.1. The molecule has 3 heteroatoms. The molecule has 0 radical (unpaired) electrons. The number of aryl methyl sites for hydroxylation is 1. The monoisotopic (exact) mass is 253 g/mol. The molecule has 0 fully saturated rings. The molecule has 2 nitrogen and oxygen atoms in total. The van der Waals surface area contributed by atoms with E-state index in [1.54, 1.807) is 11.3 Å². The molecule has 2 N–H and O–H groups in total. The zero-order chi connectivity index (χ0) is 12.5. The van der Waals surface area contributed by atoms with Crippen LogP contribution in [0.15, 0.2) is 17.5 Å². The van der Waals surface area contributed by atoms with E-state index in [0.717, 1.165) is 38.6 Å². The predicted octanol–water partition coefficient (Wildman–Crippen LogP) is 3.41. The molecule has 0 saturated heterocycles. The number of ketones is 1. The Morgan fingerprint density at radius 1 is 1.41 bits per heavy atom. The Kier molecular flexibility index (Phi) is 7.13. The summed E-state index contributed by atoms with van der Waals surface area (Å²) in [5, 5.41) is 2.06. The summed E-state index contributed by atoms with van der Waals surface area (Å²) < 4.78 is 0. The maximum Gasteiger partial charge on any atom is 0.133 e. The smallest absolute Gasteiger partial charge is 0.133 e. The maximum absolute atomic E-state index is 11.7. The zero-order valence-electron chi connectivity index (χ0n) is 10.7. The molecule has 1 aromatic heterocycles. The molecule has 0 spiro atoms. The molecule has 96 valence electrons. The van der Waals surface area contributed by atoms with E-state index in [0.29, 0.717) is 18.1 Å². The zero-order valence-corrected chi connectivity index (χ0v) is 11.5. The molecule has 0 aliphatic heterocycles. The summed E-state index contributed by atoms with van der Waals surface area (Å²) >= 11 is 1.73. The molecule has 0 amide bonds. The lowest BCUT2D eigenvalue weighted by molar-refractivity contribution is -0.119. The van der Waals surface area contributed by atoms with Crippen LogP contribution in [0.3, 0.4) is 0 Å². The minimum absolute atomic E-state index is 0.397. The lowest BCUT2D eigenvalue weighted by Crippen LogP contribution is -2.10. The van der Waals surface area contributed by atoms with Crippen molar-refractivity contribution in [3.05, 3.63) is 22.4 Å². The molecule has 1 rings (SSSR count). The number of carbonyl (C=O) groups is 1. The van der Waals surface area contributed by atoms with Crippen LogP contribution in [-0.2, 0) is 11.2 Å². The lowest BCUT2D eigenvalue weighted by atomic mass is 9.94. The summed E-state index contributed by atoms with van der Waals surface area (Å²) in [4.78, 5) is 13.0. The van der Waals surface area contributed by atoms with Crippen LogP contribution in [0.1, 0.15) is 43.9 Å². The van der Waals surface area contributed by atoms with Crippen molar-refractivity contribution in [1.82, 2.24) is 0 Å². The third kappa shape index (κ3) is 5.99. The Morgan fingerprint density at radius 3 is 2.82 bits per heavy atom. The molecule has 0 aliphatic rings. The van der Waals surface area contributed by atoms with Crippen LogP contribution in [0.4, 0.5) is 0 Å². The first-order valence-electron chi connectivity index (χ1n) is 6.50. The van der Waals surface area contributed by atoms with Gasteiger partial charge in [-0.1, -0.05) is 19.4 Å². The van der Waals surface area contributed by atoms with Crippen LogP contribution in [-0.4, -0.2) is 12.3 Å². The molecule has 1 unspecified atom stereocenters. The number of rotatable bonds is 9. The quantitative estimate of drug-likeness (QED) is 0.733. The van der Waals surface area contributed by atoms with Crippen molar-refractivity contribution in [2.45, 2.75) is 45.4 Å². The summed E-state index contributed by atoms with van der Waals surface area (Å²) in [5.74, 6) is 1.03. The topological polar surface area (TPSA) is 43.1 Å². The van der Waals surface area contributed by atoms with Crippen LogP contribution in [0.5, 0.6) is 0 Å². The number of Topliss-reactive ketones (excluding diaryl/α,β-unsaturated/α-hetero) is 1. The van der Waals surface area contributed by atoms with E-state index in [9.17, 15) is 4.79 Å². The first-order chi connectivity index (χ1) is 8.26. The molecule has 0 bridgehead atoms. The average Bonchev–Trinajstić information content (AvgIpc) is 2.85. The number of hydrogen-bond donors (Lipinski definition) is 1. The van der Waals surface area contributed by atoms with Gasteiger partial charge in [0.15, 0.2) is 0 Å². The maximum atomic E-state index is 11.7. The van der Waals surface area contributed by atoms with Crippen LogP contribution in [0, 0.1) is 5.92 Å². The van der Waals surface area contributed by atoms with Crippen molar-refractivity contribution in [3.8, 4) is 0 Å². The summed E-state index contributed by atoms with van der Waals surface area (Å²) in [6.07, 6.45) is 5.52. The van der Waals surface area contributed by atoms with Gasteiger partial charge in [0.2, 0.25) is 0 Å². The molecule has 1 aromatic rings. The van der Waals surface area contributed by atoms with Gasteiger partial charge in [0, 0.05) is 17.7 Å². The van der Waals surface area contributed by atoms with Crippen molar-refractivity contribution >= 4 is 17.1 Å². The van der Waals surface area contributed by atoms with E-state index in [4.69, 9.17) is 5.73 Å². The Morgan fingerprint density at radius 2 is 2.24 bits per heavy atom. The van der Waals surface area contributed by atoms with E-state index >= 15 is 0 Å². The molecule has 1 atom stereocenters. The molecule has 0 aliphatic carbocycles. The van der Waals surface area contributed by atoms with Gasteiger partial charge in [-0.2, -0.15) is 0 Å². The summed E-state index contributed by atoms with van der Waals surface area (Å²) in [7, 11) is 0. The fourth-order valence-electron chi connectivity index (χ4n) is 2.00. The lowest BCUT2D eigenvalue weighted by Gasteiger charge is -2.12. The highest BCUT2D eigenvalue weighted by molar-refractivity contribution is 7.09. The minimum Gasteiger partial charge on any atom is -0.330 e. The summed E-state index contributed by atoms with van der Waals surface area (Å²) in [6, 6.07) is 4.14. The Hall–Kier alpha value is -0.670. The molecule has 17 heavy (non-hydrogen) atoms. The van der Waals surface area contributed by atoms with Gasteiger partial charge in [0.05, 0.1) is 0 Å². The van der Waals surface area contributed by atoms with Gasteiger partial charge in [0.25, 0.3) is 0 Å². The van der Waals surface area contributed by atoms with Gasteiger partial charge in [-0.15, -0.1) is 11.3 Å². The van der Waals surface area contributed by atoms with E-state index in [1.807, 2.05) is 6.07 Å². The number of carbonyl (C=O) groups excluding carboxylic acids is 1.